The number of nitrogens with zero attached hydrogens (tertiary/aromatic N) is 1. The number of amides is 1. The highest BCUT2D eigenvalue weighted by molar-refractivity contribution is 7.13. The van der Waals surface area contributed by atoms with E-state index in [0.29, 0.717) is 15.9 Å². The van der Waals surface area contributed by atoms with Crippen molar-refractivity contribution in [3.05, 3.63) is 40.4 Å². The van der Waals surface area contributed by atoms with Gasteiger partial charge in [-0.05, 0) is 19.1 Å². The molecule has 1 aromatic heterocycles. The molecule has 1 heterocycles. The van der Waals surface area contributed by atoms with Crippen molar-refractivity contribution in [2.75, 3.05) is 11.9 Å². The van der Waals surface area contributed by atoms with Gasteiger partial charge in [-0.1, -0.05) is 23.7 Å². The van der Waals surface area contributed by atoms with Gasteiger partial charge in [0.05, 0.1) is 10.7 Å². The number of hydrogen-bond donors (Lipinski definition) is 1. The van der Waals surface area contributed by atoms with Crippen molar-refractivity contribution in [1.82, 2.24) is 4.98 Å². The summed E-state index contributed by atoms with van der Waals surface area (Å²) in [7, 11) is 0. The third kappa shape index (κ3) is 3.45. The first kappa shape index (κ1) is 12.9. The molecule has 0 aliphatic rings. The zero-order valence-corrected chi connectivity index (χ0v) is 11.2. The number of rotatable bonds is 4. The van der Waals surface area contributed by atoms with Crippen molar-refractivity contribution in [2.24, 2.45) is 0 Å². The highest BCUT2D eigenvalue weighted by Gasteiger charge is 2.07. The van der Waals surface area contributed by atoms with Crippen LogP contribution >= 0.6 is 22.9 Å². The SMILES string of the molecule is Cc1csc(NC(=O)COc2ccccc2Cl)n1. The lowest BCUT2D eigenvalue weighted by atomic mass is 10.3. The summed E-state index contributed by atoms with van der Waals surface area (Å²) >= 11 is 7.28. The van der Waals surface area contributed by atoms with Crippen molar-refractivity contribution in [3.8, 4) is 5.75 Å². The molecule has 0 atom stereocenters. The van der Waals surface area contributed by atoms with Crippen LogP contribution in [0.1, 0.15) is 5.69 Å². The van der Waals surface area contributed by atoms with E-state index < -0.39 is 0 Å². The predicted octanol–water partition coefficient (Wildman–Crippen LogP) is 3.12. The van der Waals surface area contributed by atoms with Gasteiger partial charge >= 0.3 is 0 Å². The average molecular weight is 283 g/mol. The van der Waals surface area contributed by atoms with Gasteiger partial charge in [-0.2, -0.15) is 0 Å². The minimum absolute atomic E-state index is 0.0949. The molecule has 1 N–H and O–H groups in total. The van der Waals surface area contributed by atoms with E-state index in [1.165, 1.54) is 11.3 Å². The first-order valence-corrected chi connectivity index (χ1v) is 6.50. The molecule has 2 aromatic rings. The fraction of sp³-hybridized carbons (Fsp3) is 0.167. The quantitative estimate of drug-likeness (QED) is 0.937. The van der Waals surface area contributed by atoms with Gasteiger partial charge < -0.3 is 4.74 Å². The molecule has 0 aliphatic heterocycles. The Bertz CT molecular complexity index is 557. The second-order valence-corrected chi connectivity index (χ2v) is 4.83. The number of aryl methyl sites for hydroxylation is 1. The molecular weight excluding hydrogens is 272 g/mol. The van der Waals surface area contributed by atoms with E-state index >= 15 is 0 Å². The van der Waals surface area contributed by atoms with Crippen LogP contribution in [0.4, 0.5) is 5.13 Å². The molecule has 4 nitrogen and oxygen atoms in total. The van der Waals surface area contributed by atoms with Crippen molar-refractivity contribution in [3.63, 3.8) is 0 Å². The molecule has 0 radical (unpaired) electrons. The highest BCUT2D eigenvalue weighted by atomic mass is 35.5. The Morgan fingerprint density at radius 1 is 1.50 bits per heavy atom. The van der Waals surface area contributed by atoms with Crippen LogP contribution in [0.3, 0.4) is 0 Å². The van der Waals surface area contributed by atoms with Crippen LogP contribution in [-0.2, 0) is 4.79 Å². The van der Waals surface area contributed by atoms with Gasteiger partial charge in [-0.15, -0.1) is 11.3 Å². The maximum atomic E-state index is 11.6. The van der Waals surface area contributed by atoms with Crippen molar-refractivity contribution >= 4 is 34.0 Å². The van der Waals surface area contributed by atoms with Crippen molar-refractivity contribution < 1.29 is 9.53 Å². The minimum atomic E-state index is -0.260. The molecule has 0 fully saturated rings. The molecule has 1 amide bonds. The number of anilines is 1. The summed E-state index contributed by atoms with van der Waals surface area (Å²) in [5.41, 5.74) is 0.877. The second kappa shape index (κ2) is 5.84. The van der Waals surface area contributed by atoms with Gasteiger partial charge in [0.2, 0.25) is 0 Å². The topological polar surface area (TPSA) is 51.2 Å². The van der Waals surface area contributed by atoms with E-state index in [1.54, 1.807) is 24.3 Å². The maximum Gasteiger partial charge on any atom is 0.264 e. The number of thiazole rings is 1. The molecule has 0 aliphatic carbocycles. The first-order valence-electron chi connectivity index (χ1n) is 5.24. The molecular formula is C12H11ClN2O2S. The van der Waals surface area contributed by atoms with E-state index in [2.05, 4.69) is 10.3 Å². The molecule has 1 aromatic carbocycles. The number of halogens is 1. The Labute approximate surface area is 114 Å². The lowest BCUT2D eigenvalue weighted by Crippen LogP contribution is -2.20. The van der Waals surface area contributed by atoms with Crippen LogP contribution in [0, 0.1) is 6.92 Å². The summed E-state index contributed by atoms with van der Waals surface area (Å²) < 4.78 is 5.31. The minimum Gasteiger partial charge on any atom is -0.482 e. The monoisotopic (exact) mass is 282 g/mol. The molecule has 94 valence electrons. The van der Waals surface area contributed by atoms with Crippen LogP contribution in [0.5, 0.6) is 5.75 Å². The summed E-state index contributed by atoms with van der Waals surface area (Å²) in [6.45, 7) is 1.77. The summed E-state index contributed by atoms with van der Waals surface area (Å²) in [5, 5.41) is 5.57. The molecule has 18 heavy (non-hydrogen) atoms. The summed E-state index contributed by atoms with van der Waals surface area (Å²) in [4.78, 5) is 15.7. The van der Waals surface area contributed by atoms with Gasteiger partial charge in [0.15, 0.2) is 11.7 Å². The van der Waals surface area contributed by atoms with Gasteiger partial charge in [0.25, 0.3) is 5.91 Å². The predicted molar refractivity (Wildman–Crippen MR) is 72.4 cm³/mol. The molecule has 2 rings (SSSR count). The standard InChI is InChI=1S/C12H11ClN2O2S/c1-8-7-18-12(14-8)15-11(16)6-17-10-5-3-2-4-9(10)13/h2-5,7H,6H2,1H3,(H,14,15,16). The Hall–Kier alpha value is -1.59. The zero-order valence-electron chi connectivity index (χ0n) is 9.64. The molecule has 0 spiro atoms. The Morgan fingerprint density at radius 3 is 2.94 bits per heavy atom. The zero-order chi connectivity index (χ0) is 13.0. The lowest BCUT2D eigenvalue weighted by molar-refractivity contribution is -0.118. The van der Waals surface area contributed by atoms with Gasteiger partial charge in [-0.3, -0.25) is 10.1 Å². The van der Waals surface area contributed by atoms with Crippen molar-refractivity contribution in [1.29, 1.82) is 0 Å². The number of para-hydroxylation sites is 1. The normalized spacial score (nSPS) is 10.1. The van der Waals surface area contributed by atoms with Crippen LogP contribution in [0.25, 0.3) is 0 Å². The Balaban J connectivity index is 1.87. The van der Waals surface area contributed by atoms with Crippen LogP contribution in [0.2, 0.25) is 5.02 Å². The van der Waals surface area contributed by atoms with Crippen LogP contribution in [-0.4, -0.2) is 17.5 Å². The maximum absolute atomic E-state index is 11.6. The lowest BCUT2D eigenvalue weighted by Gasteiger charge is -2.06. The Morgan fingerprint density at radius 2 is 2.28 bits per heavy atom. The number of benzene rings is 1. The third-order valence-electron chi connectivity index (χ3n) is 2.06. The van der Waals surface area contributed by atoms with Crippen molar-refractivity contribution in [2.45, 2.75) is 6.92 Å². The number of carbonyl (C=O) groups excluding carboxylic acids is 1. The molecule has 0 unspecified atom stereocenters. The van der Waals surface area contributed by atoms with E-state index in [1.807, 2.05) is 12.3 Å². The number of nitrogens with one attached hydrogen (secondary N) is 1. The second-order valence-electron chi connectivity index (χ2n) is 3.56. The largest absolute Gasteiger partial charge is 0.482 e. The van der Waals surface area contributed by atoms with E-state index in [0.717, 1.165) is 5.69 Å². The smallest absolute Gasteiger partial charge is 0.264 e. The molecule has 6 heteroatoms. The third-order valence-corrected chi connectivity index (χ3v) is 3.25. The van der Waals surface area contributed by atoms with Gasteiger partial charge in [-0.25, -0.2) is 4.98 Å². The number of ether oxygens (including phenoxy) is 1. The molecule has 0 saturated carbocycles. The number of carbonyl (C=O) groups is 1. The number of aromatic nitrogens is 1. The van der Waals surface area contributed by atoms with E-state index in [4.69, 9.17) is 16.3 Å². The highest BCUT2D eigenvalue weighted by Crippen LogP contribution is 2.23. The summed E-state index contributed by atoms with van der Waals surface area (Å²) in [6.07, 6.45) is 0. The summed E-state index contributed by atoms with van der Waals surface area (Å²) in [5.74, 6) is 0.230. The summed E-state index contributed by atoms with van der Waals surface area (Å²) in [6, 6.07) is 7.01. The van der Waals surface area contributed by atoms with Gasteiger partial charge in [0, 0.05) is 5.38 Å². The van der Waals surface area contributed by atoms with Crippen LogP contribution < -0.4 is 10.1 Å². The molecule has 0 bridgehead atoms. The fourth-order valence-electron chi connectivity index (χ4n) is 1.27. The van der Waals surface area contributed by atoms with Crippen LogP contribution in [0.15, 0.2) is 29.6 Å². The first-order chi connectivity index (χ1) is 8.65. The van der Waals surface area contributed by atoms with Gasteiger partial charge in [0.1, 0.15) is 5.75 Å². The Kier molecular flexibility index (Phi) is 4.17. The average Bonchev–Trinajstić information content (AvgIpc) is 2.74. The van der Waals surface area contributed by atoms with E-state index in [9.17, 15) is 4.79 Å². The fourth-order valence-corrected chi connectivity index (χ4v) is 2.17. The number of hydrogen-bond acceptors (Lipinski definition) is 4. The van der Waals surface area contributed by atoms with E-state index in [-0.39, 0.29) is 12.5 Å². The molecule has 0 saturated heterocycles.